The van der Waals surface area contributed by atoms with E-state index < -0.39 is 0 Å². The van der Waals surface area contributed by atoms with E-state index in [9.17, 15) is 0 Å². The standard InChI is InChI=1S/C16H14N5S/c1-9-17-15(21-12-7-3-2-6-11(12)19-20-21)14-10-5-4-8-13(10)22-16(14)18-9/h2-3,6-7,11H,4-5,8H2,1H3/q+1. The molecule has 0 bridgehead atoms. The van der Waals surface area contributed by atoms with Crippen molar-refractivity contribution in [2.75, 3.05) is 0 Å². The van der Waals surface area contributed by atoms with E-state index in [0.29, 0.717) is 0 Å². The molecule has 2 aromatic rings. The molecule has 0 amide bonds. The molecule has 0 fully saturated rings. The van der Waals surface area contributed by atoms with E-state index in [1.807, 2.05) is 35.1 Å². The van der Waals surface area contributed by atoms with Crippen molar-refractivity contribution in [3.05, 3.63) is 40.6 Å². The van der Waals surface area contributed by atoms with Gasteiger partial charge in [-0.3, -0.25) is 0 Å². The molecular formula is C16H14N5S+. The molecule has 0 radical (unpaired) electrons. The molecule has 3 heterocycles. The third-order valence-electron chi connectivity index (χ3n) is 4.34. The molecule has 2 aromatic heterocycles. The average molecular weight is 308 g/mol. The third kappa shape index (κ3) is 1.61. The summed E-state index contributed by atoms with van der Waals surface area (Å²) >= 11 is 1.81. The van der Waals surface area contributed by atoms with Crippen LogP contribution in [-0.2, 0) is 12.8 Å². The Hall–Kier alpha value is -2.21. The molecule has 0 saturated carbocycles. The van der Waals surface area contributed by atoms with Gasteiger partial charge in [0.05, 0.1) is 10.6 Å². The molecule has 22 heavy (non-hydrogen) atoms. The lowest BCUT2D eigenvalue weighted by atomic mass is 10.1. The van der Waals surface area contributed by atoms with Crippen molar-refractivity contribution in [3.8, 4) is 0 Å². The van der Waals surface area contributed by atoms with E-state index >= 15 is 0 Å². The first-order chi connectivity index (χ1) is 10.8. The van der Waals surface area contributed by atoms with Crippen molar-refractivity contribution >= 4 is 33.1 Å². The SMILES string of the molecule is Cc1nc([N+]2=C3C=CC=CC3N=N2)c2c3c(sc2n1)CCC3. The van der Waals surface area contributed by atoms with Crippen LogP contribution in [0.5, 0.6) is 0 Å². The van der Waals surface area contributed by atoms with Gasteiger partial charge in [0, 0.05) is 11.8 Å². The molecule has 2 aliphatic carbocycles. The zero-order valence-electron chi connectivity index (χ0n) is 12.2. The molecule has 1 unspecified atom stereocenters. The first-order valence-electron chi connectivity index (χ1n) is 7.53. The van der Waals surface area contributed by atoms with Crippen molar-refractivity contribution in [2.45, 2.75) is 32.2 Å². The lowest BCUT2D eigenvalue weighted by Gasteiger charge is -2.04. The van der Waals surface area contributed by atoms with Gasteiger partial charge >= 0.3 is 0 Å². The van der Waals surface area contributed by atoms with Crippen molar-refractivity contribution in [2.24, 2.45) is 10.3 Å². The van der Waals surface area contributed by atoms with E-state index in [4.69, 9.17) is 4.98 Å². The molecule has 0 aromatic carbocycles. The Bertz CT molecular complexity index is 932. The summed E-state index contributed by atoms with van der Waals surface area (Å²) in [6.45, 7) is 1.94. The number of thiophene rings is 1. The quantitative estimate of drug-likeness (QED) is 0.758. The van der Waals surface area contributed by atoms with Gasteiger partial charge in [0.25, 0.3) is 5.82 Å². The predicted molar refractivity (Wildman–Crippen MR) is 86.0 cm³/mol. The van der Waals surface area contributed by atoms with E-state index in [-0.39, 0.29) is 6.04 Å². The number of aromatic nitrogens is 2. The minimum absolute atomic E-state index is 0.0157. The minimum Gasteiger partial charge on any atom is -0.206 e. The Morgan fingerprint density at radius 3 is 3.14 bits per heavy atom. The number of allylic oxidation sites excluding steroid dienone is 2. The number of nitrogens with zero attached hydrogens (tertiary/aromatic N) is 5. The average Bonchev–Trinajstić information content (AvgIpc) is 3.19. The Kier molecular flexibility index (Phi) is 2.47. The Morgan fingerprint density at radius 1 is 1.23 bits per heavy atom. The van der Waals surface area contributed by atoms with Crippen LogP contribution in [0, 0.1) is 6.92 Å². The maximum Gasteiger partial charge on any atom is 0.299 e. The number of hydrogen-bond acceptors (Lipinski definition) is 5. The third-order valence-corrected chi connectivity index (χ3v) is 5.53. The van der Waals surface area contributed by atoms with Gasteiger partial charge in [0.1, 0.15) is 4.83 Å². The van der Waals surface area contributed by atoms with Gasteiger partial charge in [0.15, 0.2) is 5.71 Å². The smallest absolute Gasteiger partial charge is 0.206 e. The minimum atomic E-state index is 0.0157. The molecule has 0 spiro atoms. The number of rotatable bonds is 1. The fourth-order valence-corrected chi connectivity index (χ4v) is 4.67. The summed E-state index contributed by atoms with van der Waals surface area (Å²) in [5.41, 5.74) is 2.49. The number of hydrogen-bond donors (Lipinski definition) is 0. The fraction of sp³-hybridized carbons (Fsp3) is 0.312. The maximum atomic E-state index is 4.71. The van der Waals surface area contributed by atoms with Gasteiger partial charge in [-0.25, -0.2) is 4.98 Å². The number of fused-ring (bicyclic) bond motifs is 4. The van der Waals surface area contributed by atoms with Crippen LogP contribution in [0.2, 0.25) is 0 Å². The largest absolute Gasteiger partial charge is 0.299 e. The Balaban J connectivity index is 1.83. The predicted octanol–water partition coefficient (Wildman–Crippen LogP) is 3.45. The monoisotopic (exact) mass is 308 g/mol. The number of aryl methyl sites for hydroxylation is 3. The topological polar surface area (TPSA) is 53.5 Å². The lowest BCUT2D eigenvalue weighted by molar-refractivity contribution is -0.450. The van der Waals surface area contributed by atoms with Crippen LogP contribution in [0.1, 0.15) is 22.7 Å². The molecule has 0 saturated heterocycles. The second-order valence-electron chi connectivity index (χ2n) is 5.76. The molecule has 5 nitrogen and oxygen atoms in total. The van der Waals surface area contributed by atoms with Gasteiger partial charge in [0.2, 0.25) is 11.9 Å². The molecule has 0 N–H and O–H groups in total. The summed E-state index contributed by atoms with van der Waals surface area (Å²) in [6.07, 6.45) is 11.7. The van der Waals surface area contributed by atoms with E-state index in [1.165, 1.54) is 22.2 Å². The van der Waals surface area contributed by atoms with E-state index in [1.54, 1.807) is 0 Å². The van der Waals surface area contributed by atoms with Gasteiger partial charge < -0.3 is 0 Å². The molecule has 5 rings (SSSR count). The van der Waals surface area contributed by atoms with Crippen molar-refractivity contribution in [1.29, 1.82) is 0 Å². The van der Waals surface area contributed by atoms with E-state index in [2.05, 4.69) is 27.5 Å². The van der Waals surface area contributed by atoms with Crippen LogP contribution in [0.15, 0.2) is 34.6 Å². The summed E-state index contributed by atoms with van der Waals surface area (Å²) in [6, 6.07) is 0.0157. The normalized spacial score (nSPS) is 22.0. The second-order valence-corrected chi connectivity index (χ2v) is 6.85. The Morgan fingerprint density at radius 2 is 2.18 bits per heavy atom. The van der Waals surface area contributed by atoms with Crippen LogP contribution < -0.4 is 0 Å². The zero-order chi connectivity index (χ0) is 14.7. The highest BCUT2D eigenvalue weighted by Crippen LogP contribution is 2.41. The Labute approximate surface area is 131 Å². The van der Waals surface area contributed by atoms with Crippen LogP contribution in [0.4, 0.5) is 5.82 Å². The molecule has 1 aliphatic heterocycles. The highest BCUT2D eigenvalue weighted by atomic mass is 32.1. The van der Waals surface area contributed by atoms with E-state index in [0.717, 1.165) is 35.0 Å². The zero-order valence-corrected chi connectivity index (χ0v) is 13.0. The van der Waals surface area contributed by atoms with Crippen LogP contribution in [-0.4, -0.2) is 26.4 Å². The van der Waals surface area contributed by atoms with Gasteiger partial charge in [-0.05, 0) is 42.1 Å². The van der Waals surface area contributed by atoms with Gasteiger partial charge in [-0.15, -0.1) is 16.0 Å². The van der Waals surface area contributed by atoms with Crippen LogP contribution in [0.3, 0.4) is 0 Å². The van der Waals surface area contributed by atoms with Gasteiger partial charge in [-0.2, -0.15) is 0 Å². The summed E-state index contributed by atoms with van der Waals surface area (Å²) in [5.74, 6) is 1.68. The van der Waals surface area contributed by atoms with Gasteiger partial charge in [-0.1, -0.05) is 17.1 Å². The summed E-state index contributed by atoms with van der Waals surface area (Å²) in [4.78, 5) is 11.9. The highest BCUT2D eigenvalue weighted by molar-refractivity contribution is 7.19. The molecule has 6 heteroatoms. The fourth-order valence-electron chi connectivity index (χ4n) is 3.37. The van der Waals surface area contributed by atoms with Crippen molar-refractivity contribution in [1.82, 2.24) is 9.97 Å². The van der Waals surface area contributed by atoms with Crippen LogP contribution >= 0.6 is 11.3 Å². The van der Waals surface area contributed by atoms with Crippen molar-refractivity contribution < 1.29 is 4.68 Å². The highest BCUT2D eigenvalue weighted by Gasteiger charge is 2.33. The van der Waals surface area contributed by atoms with Crippen molar-refractivity contribution in [3.63, 3.8) is 0 Å². The summed E-state index contributed by atoms with van der Waals surface area (Å²) < 4.78 is 1.90. The van der Waals surface area contributed by atoms with Crippen LogP contribution in [0.25, 0.3) is 10.2 Å². The maximum absolute atomic E-state index is 4.71. The second kappa shape index (κ2) is 4.39. The molecular weight excluding hydrogens is 294 g/mol. The molecule has 3 aliphatic rings. The lowest BCUT2D eigenvalue weighted by Crippen LogP contribution is -2.19. The molecule has 1 atom stereocenters. The molecule has 108 valence electrons. The summed E-state index contributed by atoms with van der Waals surface area (Å²) in [7, 11) is 0. The summed E-state index contributed by atoms with van der Waals surface area (Å²) in [5, 5.41) is 9.91. The first-order valence-corrected chi connectivity index (χ1v) is 8.34. The first kappa shape index (κ1) is 12.3.